The van der Waals surface area contributed by atoms with Crippen molar-refractivity contribution in [2.45, 2.75) is 59.4 Å². The Bertz CT molecular complexity index is 1070. The number of aromatic nitrogens is 2. The Kier molecular flexibility index (Phi) is 8.48. The van der Waals surface area contributed by atoms with Crippen LogP contribution in [0.5, 0.6) is 5.75 Å². The maximum Gasteiger partial charge on any atom is 0.246 e. The molecule has 3 aromatic rings. The summed E-state index contributed by atoms with van der Waals surface area (Å²) in [5.74, 6) is 2.00. The van der Waals surface area contributed by atoms with Crippen LogP contribution in [-0.2, 0) is 17.8 Å². The van der Waals surface area contributed by atoms with E-state index in [1.165, 1.54) is 16.6 Å². The van der Waals surface area contributed by atoms with Gasteiger partial charge in [-0.1, -0.05) is 31.2 Å². The number of nitrogens with one attached hydrogen (secondary N) is 1. The molecule has 1 heterocycles. The predicted molar refractivity (Wildman–Crippen MR) is 131 cm³/mol. The normalized spacial score (nSPS) is 11.0. The molecule has 1 aromatic heterocycles. The van der Waals surface area contributed by atoms with E-state index >= 15 is 0 Å². The molecule has 170 valence electrons. The molecule has 0 spiro atoms. The van der Waals surface area contributed by atoms with Gasteiger partial charge >= 0.3 is 0 Å². The predicted octanol–water partition coefficient (Wildman–Crippen LogP) is 5.53. The van der Waals surface area contributed by atoms with E-state index in [2.05, 4.69) is 60.6 Å². The number of nitrogens with zero attached hydrogens (tertiary/aromatic N) is 2. The molecule has 0 fully saturated rings. The number of carbonyl (C=O) groups is 1. The van der Waals surface area contributed by atoms with Crippen molar-refractivity contribution in [3.8, 4) is 5.75 Å². The third-order valence-electron chi connectivity index (χ3n) is 5.76. The number of ether oxygens (including phenoxy) is 1. The number of carbonyl (C=O) groups excluding carboxylic acids is 1. The number of aryl methyl sites for hydroxylation is 4. The topological polar surface area (TPSA) is 56.2 Å². The van der Waals surface area contributed by atoms with Crippen LogP contribution in [0.1, 0.15) is 49.6 Å². The van der Waals surface area contributed by atoms with Gasteiger partial charge in [0.05, 0.1) is 17.6 Å². The Morgan fingerprint density at radius 3 is 2.66 bits per heavy atom. The first kappa shape index (κ1) is 23.6. The number of rotatable bonds is 12. The Balaban J connectivity index is 1.51. The summed E-state index contributed by atoms with van der Waals surface area (Å²) in [6.07, 6.45) is 4.92. The number of hydrogen-bond acceptors (Lipinski definition) is 3. The van der Waals surface area contributed by atoms with Crippen LogP contribution in [0, 0.1) is 13.8 Å². The lowest BCUT2D eigenvalue weighted by molar-refractivity contribution is -0.117. The monoisotopic (exact) mass is 433 g/mol. The largest absolute Gasteiger partial charge is 0.494 e. The van der Waals surface area contributed by atoms with E-state index in [1.807, 2.05) is 12.1 Å². The summed E-state index contributed by atoms with van der Waals surface area (Å²) in [5, 5.41) is 2.89. The maximum absolute atomic E-state index is 11.6. The van der Waals surface area contributed by atoms with E-state index in [-0.39, 0.29) is 5.91 Å². The SMILES string of the molecule is C=C(C)C(=O)NCCCCCc1nc2ccccc2n1CCCOc1ccc(C)c(C)c1. The van der Waals surface area contributed by atoms with Crippen molar-refractivity contribution in [3.05, 3.63) is 71.6 Å². The van der Waals surface area contributed by atoms with Gasteiger partial charge in [-0.05, 0) is 75.4 Å². The Labute approximate surface area is 191 Å². The minimum Gasteiger partial charge on any atom is -0.494 e. The van der Waals surface area contributed by atoms with Gasteiger partial charge in [0.2, 0.25) is 5.91 Å². The Morgan fingerprint density at radius 2 is 1.88 bits per heavy atom. The van der Waals surface area contributed by atoms with Crippen LogP contribution in [0.2, 0.25) is 0 Å². The molecule has 32 heavy (non-hydrogen) atoms. The van der Waals surface area contributed by atoms with Crippen LogP contribution in [0.15, 0.2) is 54.6 Å². The van der Waals surface area contributed by atoms with Gasteiger partial charge in [0, 0.05) is 25.1 Å². The van der Waals surface area contributed by atoms with Crippen molar-refractivity contribution in [3.63, 3.8) is 0 Å². The molecule has 0 aliphatic carbocycles. The summed E-state index contributed by atoms with van der Waals surface area (Å²) in [5.41, 5.74) is 5.32. The molecular formula is C27H35N3O2. The summed E-state index contributed by atoms with van der Waals surface area (Å²) < 4.78 is 8.31. The van der Waals surface area contributed by atoms with E-state index in [4.69, 9.17) is 9.72 Å². The summed E-state index contributed by atoms with van der Waals surface area (Å²) >= 11 is 0. The van der Waals surface area contributed by atoms with E-state index < -0.39 is 0 Å². The lowest BCUT2D eigenvalue weighted by atomic mass is 10.1. The molecule has 0 bridgehead atoms. The molecule has 5 heteroatoms. The van der Waals surface area contributed by atoms with Gasteiger partial charge in [-0.15, -0.1) is 0 Å². The van der Waals surface area contributed by atoms with Crippen molar-refractivity contribution in [1.29, 1.82) is 0 Å². The van der Waals surface area contributed by atoms with Gasteiger partial charge in [0.25, 0.3) is 0 Å². The second kappa shape index (κ2) is 11.5. The molecule has 0 radical (unpaired) electrons. The molecule has 0 saturated heterocycles. The molecule has 0 atom stereocenters. The average Bonchev–Trinajstić information content (AvgIpc) is 3.13. The summed E-state index contributed by atoms with van der Waals surface area (Å²) in [6, 6.07) is 14.6. The Hall–Kier alpha value is -3.08. The number of amides is 1. The first-order chi connectivity index (χ1) is 15.5. The number of benzene rings is 2. The smallest absolute Gasteiger partial charge is 0.246 e. The highest BCUT2D eigenvalue weighted by Crippen LogP contribution is 2.20. The fourth-order valence-corrected chi connectivity index (χ4v) is 3.72. The molecule has 1 amide bonds. The molecule has 0 saturated carbocycles. The van der Waals surface area contributed by atoms with Gasteiger partial charge in [-0.3, -0.25) is 4.79 Å². The molecule has 0 aliphatic heterocycles. The fraction of sp³-hybridized carbons (Fsp3) is 0.407. The van der Waals surface area contributed by atoms with Crippen LogP contribution >= 0.6 is 0 Å². The molecular weight excluding hydrogens is 398 g/mol. The first-order valence-corrected chi connectivity index (χ1v) is 11.5. The van der Waals surface area contributed by atoms with Crippen molar-refractivity contribution in [2.24, 2.45) is 0 Å². The van der Waals surface area contributed by atoms with Gasteiger partial charge in [-0.2, -0.15) is 0 Å². The number of fused-ring (bicyclic) bond motifs is 1. The van der Waals surface area contributed by atoms with Crippen LogP contribution in [-0.4, -0.2) is 28.6 Å². The highest BCUT2D eigenvalue weighted by Gasteiger charge is 2.10. The van der Waals surface area contributed by atoms with Crippen LogP contribution in [0.3, 0.4) is 0 Å². The molecule has 1 N–H and O–H groups in total. The van der Waals surface area contributed by atoms with Crippen molar-refractivity contribution in [2.75, 3.05) is 13.2 Å². The minimum absolute atomic E-state index is 0.0604. The quantitative estimate of drug-likeness (QED) is 0.302. The van der Waals surface area contributed by atoms with Gasteiger partial charge in [0.1, 0.15) is 11.6 Å². The van der Waals surface area contributed by atoms with Crippen molar-refractivity contribution in [1.82, 2.24) is 14.9 Å². The highest BCUT2D eigenvalue weighted by atomic mass is 16.5. The van der Waals surface area contributed by atoms with Crippen molar-refractivity contribution < 1.29 is 9.53 Å². The zero-order valence-corrected chi connectivity index (χ0v) is 19.6. The Morgan fingerprint density at radius 1 is 1.06 bits per heavy atom. The average molecular weight is 434 g/mol. The van der Waals surface area contributed by atoms with E-state index in [9.17, 15) is 4.79 Å². The molecule has 5 nitrogen and oxygen atoms in total. The van der Waals surface area contributed by atoms with Crippen LogP contribution in [0.4, 0.5) is 0 Å². The second-order valence-corrected chi connectivity index (χ2v) is 8.46. The standard InChI is InChI=1S/C27H35N3O2/c1-20(2)27(31)28-16-9-5-6-13-26-29-24-11-7-8-12-25(24)30(26)17-10-18-32-23-15-14-21(3)22(4)19-23/h7-8,11-12,14-15,19H,1,5-6,9-10,13,16-18H2,2-4H3,(H,28,31). The maximum atomic E-state index is 11.6. The minimum atomic E-state index is -0.0604. The van der Waals surface area contributed by atoms with E-state index in [1.54, 1.807) is 6.92 Å². The lowest BCUT2D eigenvalue weighted by Crippen LogP contribution is -2.24. The van der Waals surface area contributed by atoms with E-state index in [0.29, 0.717) is 18.7 Å². The molecule has 0 aliphatic rings. The third-order valence-corrected chi connectivity index (χ3v) is 5.76. The first-order valence-electron chi connectivity index (χ1n) is 11.5. The van der Waals surface area contributed by atoms with Gasteiger partial charge in [-0.25, -0.2) is 4.98 Å². The number of imidazole rings is 1. The second-order valence-electron chi connectivity index (χ2n) is 8.46. The number of para-hydroxylation sites is 2. The lowest BCUT2D eigenvalue weighted by Gasteiger charge is -2.11. The zero-order chi connectivity index (χ0) is 22.9. The number of hydrogen-bond donors (Lipinski definition) is 1. The summed E-state index contributed by atoms with van der Waals surface area (Å²) in [6.45, 7) is 11.9. The summed E-state index contributed by atoms with van der Waals surface area (Å²) in [4.78, 5) is 16.4. The van der Waals surface area contributed by atoms with Crippen molar-refractivity contribution >= 4 is 16.9 Å². The molecule has 3 rings (SSSR count). The van der Waals surface area contributed by atoms with E-state index in [0.717, 1.165) is 55.7 Å². The van der Waals surface area contributed by atoms with Crippen LogP contribution in [0.25, 0.3) is 11.0 Å². The van der Waals surface area contributed by atoms with Gasteiger partial charge < -0.3 is 14.6 Å². The van der Waals surface area contributed by atoms with Crippen LogP contribution < -0.4 is 10.1 Å². The number of unbranched alkanes of at least 4 members (excludes halogenated alkanes) is 2. The summed E-state index contributed by atoms with van der Waals surface area (Å²) in [7, 11) is 0. The highest BCUT2D eigenvalue weighted by molar-refractivity contribution is 5.92. The fourth-order valence-electron chi connectivity index (χ4n) is 3.72. The third kappa shape index (κ3) is 6.46. The zero-order valence-electron chi connectivity index (χ0n) is 19.6. The molecule has 0 unspecified atom stereocenters. The van der Waals surface area contributed by atoms with Gasteiger partial charge in [0.15, 0.2) is 0 Å². The molecule has 2 aromatic carbocycles.